The molecule has 4 N–H and O–H groups in total. The molecule has 0 saturated carbocycles. The number of nitrogens with zero attached hydrogens (tertiary/aromatic N) is 3. The van der Waals surface area contributed by atoms with E-state index in [1.54, 1.807) is 31.4 Å². The van der Waals surface area contributed by atoms with E-state index in [1.807, 2.05) is 18.2 Å². The van der Waals surface area contributed by atoms with Crippen LogP contribution in [0.25, 0.3) is 0 Å². The normalized spacial score (nSPS) is 10.2. The van der Waals surface area contributed by atoms with Crippen LogP contribution in [0.15, 0.2) is 52.7 Å². The van der Waals surface area contributed by atoms with Gasteiger partial charge in [0.05, 0.1) is 25.0 Å². The first-order chi connectivity index (χ1) is 11.6. The van der Waals surface area contributed by atoms with Gasteiger partial charge in [0.15, 0.2) is 11.5 Å². The lowest BCUT2D eigenvalue weighted by Gasteiger charge is -2.12. The molecular weight excluding hydrogens is 306 g/mol. The zero-order chi connectivity index (χ0) is 17.4. The van der Waals surface area contributed by atoms with Gasteiger partial charge >= 0.3 is 0 Å². The first kappa shape index (κ1) is 16.8. The van der Waals surface area contributed by atoms with Crippen molar-refractivity contribution >= 4 is 12.2 Å². The minimum atomic E-state index is -0.116. The fourth-order valence-corrected chi connectivity index (χ4v) is 1.96. The van der Waals surface area contributed by atoms with E-state index in [0.29, 0.717) is 17.1 Å². The summed E-state index contributed by atoms with van der Waals surface area (Å²) >= 11 is 0. The van der Waals surface area contributed by atoms with Crippen LogP contribution >= 0.6 is 0 Å². The maximum atomic E-state index is 9.10. The van der Waals surface area contributed by atoms with E-state index < -0.39 is 0 Å². The number of nitrogens with two attached hydrogens (primary N) is 2. The van der Waals surface area contributed by atoms with Crippen LogP contribution < -0.4 is 20.9 Å². The predicted octanol–water partition coefficient (Wildman–Crippen LogP) is 1.75. The maximum absolute atomic E-state index is 9.10. The Hall–Kier alpha value is -3.53. The van der Waals surface area contributed by atoms with Crippen LogP contribution in [0.3, 0.4) is 0 Å². The number of hydrogen-bond donors (Lipinski definition) is 2. The molecule has 7 heteroatoms. The van der Waals surface area contributed by atoms with Crippen molar-refractivity contribution in [1.82, 2.24) is 0 Å². The summed E-state index contributed by atoms with van der Waals surface area (Å²) in [5.74, 6) is 0.983. The molecule has 0 aliphatic heterocycles. The number of rotatable bonds is 6. The smallest absolute Gasteiger partial charge is 0.211 e. The average molecular weight is 323 g/mol. The van der Waals surface area contributed by atoms with Crippen molar-refractivity contribution in [1.29, 1.82) is 5.26 Å². The van der Waals surface area contributed by atoms with Gasteiger partial charge in [-0.1, -0.05) is 18.2 Å². The molecule has 0 aromatic heterocycles. The quantitative estimate of drug-likeness (QED) is 0.477. The van der Waals surface area contributed by atoms with Gasteiger partial charge in [-0.15, -0.1) is 5.10 Å². The number of nitriles is 1. The fourth-order valence-electron chi connectivity index (χ4n) is 1.96. The van der Waals surface area contributed by atoms with Crippen molar-refractivity contribution in [2.45, 2.75) is 6.61 Å². The molecule has 0 fully saturated rings. The number of hydrogen-bond acceptors (Lipinski definition) is 5. The SMILES string of the molecule is COc1cc(C=NN=C(N)N)ccc1OCc1ccccc1C#N. The second kappa shape index (κ2) is 8.19. The van der Waals surface area contributed by atoms with Crippen LogP contribution in [0.2, 0.25) is 0 Å². The van der Waals surface area contributed by atoms with Crippen molar-refractivity contribution in [3.05, 3.63) is 59.2 Å². The molecule has 0 aliphatic rings. The molecule has 0 atom stereocenters. The molecule has 0 bridgehead atoms. The lowest BCUT2D eigenvalue weighted by molar-refractivity contribution is 0.284. The lowest BCUT2D eigenvalue weighted by atomic mass is 10.1. The Labute approximate surface area is 139 Å². The monoisotopic (exact) mass is 323 g/mol. The van der Waals surface area contributed by atoms with Gasteiger partial charge in [-0.3, -0.25) is 0 Å². The Balaban J connectivity index is 2.15. The van der Waals surface area contributed by atoms with Crippen LogP contribution in [0, 0.1) is 11.3 Å². The zero-order valence-electron chi connectivity index (χ0n) is 13.1. The Morgan fingerprint density at radius 3 is 2.71 bits per heavy atom. The zero-order valence-corrected chi connectivity index (χ0v) is 13.1. The summed E-state index contributed by atoms with van der Waals surface area (Å²) in [5, 5.41) is 16.4. The first-order valence-corrected chi connectivity index (χ1v) is 7.05. The third-order valence-electron chi connectivity index (χ3n) is 3.09. The van der Waals surface area contributed by atoms with Crippen LogP contribution in [0.1, 0.15) is 16.7 Å². The minimum absolute atomic E-state index is 0.116. The van der Waals surface area contributed by atoms with Crippen molar-refractivity contribution in [2.24, 2.45) is 21.7 Å². The summed E-state index contributed by atoms with van der Waals surface area (Å²) in [6.45, 7) is 0.265. The van der Waals surface area contributed by atoms with E-state index in [-0.39, 0.29) is 12.6 Å². The topological polar surface area (TPSA) is 119 Å². The van der Waals surface area contributed by atoms with Crippen molar-refractivity contribution in [3.8, 4) is 17.6 Å². The second-order valence-corrected chi connectivity index (χ2v) is 4.74. The Morgan fingerprint density at radius 1 is 1.21 bits per heavy atom. The number of methoxy groups -OCH3 is 1. The van der Waals surface area contributed by atoms with Crippen molar-refractivity contribution in [2.75, 3.05) is 7.11 Å². The van der Waals surface area contributed by atoms with E-state index >= 15 is 0 Å². The Kier molecular flexibility index (Phi) is 5.75. The molecule has 0 saturated heterocycles. The molecule has 0 heterocycles. The second-order valence-electron chi connectivity index (χ2n) is 4.74. The third-order valence-corrected chi connectivity index (χ3v) is 3.09. The van der Waals surface area contributed by atoms with Gasteiger partial charge in [-0.05, 0) is 29.8 Å². The average Bonchev–Trinajstić information content (AvgIpc) is 2.60. The summed E-state index contributed by atoms with van der Waals surface area (Å²) < 4.78 is 11.1. The molecule has 24 heavy (non-hydrogen) atoms. The first-order valence-electron chi connectivity index (χ1n) is 7.05. The van der Waals surface area contributed by atoms with Gasteiger partial charge in [-0.2, -0.15) is 10.4 Å². The fraction of sp³-hybridized carbons (Fsp3) is 0.118. The lowest BCUT2D eigenvalue weighted by Crippen LogP contribution is -2.21. The molecule has 122 valence electrons. The Morgan fingerprint density at radius 2 is 2.00 bits per heavy atom. The molecular formula is C17H17N5O2. The highest BCUT2D eigenvalue weighted by Gasteiger charge is 2.07. The van der Waals surface area contributed by atoms with E-state index in [2.05, 4.69) is 16.3 Å². The molecule has 0 radical (unpaired) electrons. The summed E-state index contributed by atoms with van der Waals surface area (Å²) in [6.07, 6.45) is 1.50. The maximum Gasteiger partial charge on any atom is 0.211 e. The number of ether oxygens (including phenoxy) is 2. The van der Waals surface area contributed by atoms with Crippen LogP contribution in [0.5, 0.6) is 11.5 Å². The Bertz CT molecular complexity index is 805. The van der Waals surface area contributed by atoms with Crippen LogP contribution in [-0.4, -0.2) is 19.3 Å². The number of guanidine groups is 1. The molecule has 2 rings (SSSR count). The van der Waals surface area contributed by atoms with Crippen LogP contribution in [0.4, 0.5) is 0 Å². The third kappa shape index (κ3) is 4.48. The summed E-state index contributed by atoms with van der Waals surface area (Å²) in [7, 11) is 1.54. The summed E-state index contributed by atoms with van der Waals surface area (Å²) in [6, 6.07) is 14.7. The van der Waals surface area contributed by atoms with Crippen molar-refractivity contribution in [3.63, 3.8) is 0 Å². The van der Waals surface area contributed by atoms with Crippen LogP contribution in [-0.2, 0) is 6.61 Å². The molecule has 7 nitrogen and oxygen atoms in total. The molecule has 0 amide bonds. The van der Waals surface area contributed by atoms with Gasteiger partial charge in [-0.25, -0.2) is 0 Å². The highest BCUT2D eigenvalue weighted by molar-refractivity contribution is 5.82. The molecule has 2 aromatic carbocycles. The van der Waals surface area contributed by atoms with Crippen molar-refractivity contribution < 1.29 is 9.47 Å². The number of benzene rings is 2. The van der Waals surface area contributed by atoms with E-state index in [1.165, 1.54) is 6.21 Å². The van der Waals surface area contributed by atoms with Gasteiger partial charge in [0, 0.05) is 5.56 Å². The minimum Gasteiger partial charge on any atom is -0.493 e. The largest absolute Gasteiger partial charge is 0.493 e. The summed E-state index contributed by atoms with van der Waals surface area (Å²) in [5.41, 5.74) is 12.5. The van der Waals surface area contributed by atoms with E-state index in [9.17, 15) is 0 Å². The molecule has 0 spiro atoms. The molecule has 0 unspecified atom stereocenters. The molecule has 0 aliphatic carbocycles. The highest BCUT2D eigenvalue weighted by atomic mass is 16.5. The van der Waals surface area contributed by atoms with E-state index in [4.69, 9.17) is 26.2 Å². The summed E-state index contributed by atoms with van der Waals surface area (Å²) in [4.78, 5) is 0. The van der Waals surface area contributed by atoms with Gasteiger partial charge < -0.3 is 20.9 Å². The van der Waals surface area contributed by atoms with E-state index in [0.717, 1.165) is 11.1 Å². The molecule has 2 aromatic rings. The highest BCUT2D eigenvalue weighted by Crippen LogP contribution is 2.28. The predicted molar refractivity (Wildman–Crippen MR) is 91.9 cm³/mol. The standard InChI is InChI=1S/C17H17N5O2/c1-23-16-8-12(10-21-22-17(19)20)6-7-15(16)24-11-14-5-3-2-4-13(14)9-18/h2-8,10H,11H2,1H3,(H4,19,20,22). The van der Waals surface area contributed by atoms with Gasteiger partial charge in [0.2, 0.25) is 5.96 Å². The van der Waals surface area contributed by atoms with Gasteiger partial charge in [0.25, 0.3) is 0 Å². The van der Waals surface area contributed by atoms with Gasteiger partial charge in [0.1, 0.15) is 6.61 Å².